The first-order valence-electron chi connectivity index (χ1n) is 5.60. The zero-order valence-corrected chi connectivity index (χ0v) is 8.33. The van der Waals surface area contributed by atoms with Crippen LogP contribution in [0.4, 0.5) is 0 Å². The highest BCUT2D eigenvalue weighted by molar-refractivity contribution is 5.10. The number of piperidine rings is 1. The molecule has 76 valence electrons. The van der Waals surface area contributed by atoms with Crippen LogP contribution in [0.3, 0.4) is 0 Å². The van der Waals surface area contributed by atoms with Crippen LogP contribution < -0.4 is 5.32 Å². The first-order chi connectivity index (χ1) is 6.93. The van der Waals surface area contributed by atoms with Gasteiger partial charge in [0.05, 0.1) is 6.20 Å². The van der Waals surface area contributed by atoms with Crippen molar-refractivity contribution in [2.24, 2.45) is 0 Å². The molecule has 2 heterocycles. The average molecular weight is 192 g/mol. The molecule has 3 nitrogen and oxygen atoms in total. The molecule has 0 amide bonds. The first kappa shape index (κ1) is 8.48. The van der Waals surface area contributed by atoms with Crippen LogP contribution in [0.15, 0.2) is 10.6 Å². The Hall–Kier alpha value is -0.830. The summed E-state index contributed by atoms with van der Waals surface area (Å²) < 4.78 is 5.80. The van der Waals surface area contributed by atoms with Crippen molar-refractivity contribution in [3.8, 4) is 0 Å². The third-order valence-electron chi connectivity index (χ3n) is 3.17. The Morgan fingerprint density at radius 3 is 2.93 bits per heavy atom. The summed E-state index contributed by atoms with van der Waals surface area (Å²) in [6, 6.07) is 0. The van der Waals surface area contributed by atoms with Crippen LogP contribution in [0.5, 0.6) is 0 Å². The SMILES string of the molecule is c1nc(C2CCCNC2)oc1C1CC1. The second kappa shape index (κ2) is 3.39. The van der Waals surface area contributed by atoms with Gasteiger partial charge in [-0.25, -0.2) is 4.98 Å². The maximum absolute atomic E-state index is 5.80. The lowest BCUT2D eigenvalue weighted by atomic mass is 10.00. The Balaban J connectivity index is 1.74. The number of rotatable bonds is 2. The topological polar surface area (TPSA) is 38.1 Å². The number of hydrogen-bond donors (Lipinski definition) is 1. The van der Waals surface area contributed by atoms with Crippen molar-refractivity contribution in [3.05, 3.63) is 17.8 Å². The van der Waals surface area contributed by atoms with Crippen molar-refractivity contribution >= 4 is 0 Å². The molecule has 3 heteroatoms. The van der Waals surface area contributed by atoms with Gasteiger partial charge in [0.15, 0.2) is 5.89 Å². The Kier molecular flexibility index (Phi) is 2.05. The molecule has 1 aromatic heterocycles. The van der Waals surface area contributed by atoms with Gasteiger partial charge in [0.2, 0.25) is 0 Å². The van der Waals surface area contributed by atoms with E-state index < -0.39 is 0 Å². The summed E-state index contributed by atoms with van der Waals surface area (Å²) in [5, 5.41) is 3.39. The Morgan fingerprint density at radius 2 is 2.21 bits per heavy atom. The molecule has 0 aromatic carbocycles. The van der Waals surface area contributed by atoms with E-state index in [2.05, 4.69) is 10.3 Å². The maximum Gasteiger partial charge on any atom is 0.198 e. The van der Waals surface area contributed by atoms with Gasteiger partial charge in [-0.3, -0.25) is 0 Å². The van der Waals surface area contributed by atoms with Crippen LogP contribution in [0.2, 0.25) is 0 Å². The van der Waals surface area contributed by atoms with Gasteiger partial charge in [-0.15, -0.1) is 0 Å². The molecule has 1 saturated carbocycles. The third kappa shape index (κ3) is 1.57. The maximum atomic E-state index is 5.80. The molecule has 1 atom stereocenters. The lowest BCUT2D eigenvalue weighted by Crippen LogP contribution is -2.28. The molecule has 3 rings (SSSR count). The number of hydrogen-bond acceptors (Lipinski definition) is 3. The predicted octanol–water partition coefficient (Wildman–Crippen LogP) is 2.02. The number of nitrogens with one attached hydrogen (secondary N) is 1. The van der Waals surface area contributed by atoms with E-state index in [0.717, 1.165) is 24.7 Å². The number of nitrogens with zero attached hydrogens (tertiary/aromatic N) is 1. The van der Waals surface area contributed by atoms with Crippen molar-refractivity contribution in [1.29, 1.82) is 0 Å². The quantitative estimate of drug-likeness (QED) is 0.779. The molecule has 14 heavy (non-hydrogen) atoms. The van der Waals surface area contributed by atoms with Gasteiger partial charge in [-0.1, -0.05) is 0 Å². The molecule has 1 unspecified atom stereocenters. The minimum absolute atomic E-state index is 0.510. The van der Waals surface area contributed by atoms with Crippen LogP contribution in [0.25, 0.3) is 0 Å². The Labute approximate surface area is 83.9 Å². The fourth-order valence-electron chi connectivity index (χ4n) is 2.11. The van der Waals surface area contributed by atoms with E-state index >= 15 is 0 Å². The van der Waals surface area contributed by atoms with Gasteiger partial charge in [-0.2, -0.15) is 0 Å². The number of aromatic nitrogens is 1. The normalized spacial score (nSPS) is 27.9. The van der Waals surface area contributed by atoms with Crippen molar-refractivity contribution in [1.82, 2.24) is 10.3 Å². The van der Waals surface area contributed by atoms with Gasteiger partial charge < -0.3 is 9.73 Å². The van der Waals surface area contributed by atoms with Crippen LogP contribution in [-0.4, -0.2) is 18.1 Å². The van der Waals surface area contributed by atoms with E-state index in [0.29, 0.717) is 11.8 Å². The molecular weight excluding hydrogens is 176 g/mol. The average Bonchev–Trinajstić information content (AvgIpc) is 2.98. The van der Waals surface area contributed by atoms with E-state index in [1.165, 1.54) is 25.7 Å². The molecular formula is C11H16N2O. The molecule has 2 aliphatic rings. The first-order valence-corrected chi connectivity index (χ1v) is 5.60. The number of oxazole rings is 1. The molecule has 1 aliphatic carbocycles. The summed E-state index contributed by atoms with van der Waals surface area (Å²) in [4.78, 5) is 4.39. The third-order valence-corrected chi connectivity index (χ3v) is 3.17. The molecule has 2 fully saturated rings. The molecule has 1 saturated heterocycles. The summed E-state index contributed by atoms with van der Waals surface area (Å²) >= 11 is 0. The minimum Gasteiger partial charge on any atom is -0.445 e. The van der Waals surface area contributed by atoms with E-state index in [1.54, 1.807) is 0 Å². The van der Waals surface area contributed by atoms with Crippen molar-refractivity contribution in [2.75, 3.05) is 13.1 Å². The van der Waals surface area contributed by atoms with Crippen LogP contribution in [0, 0.1) is 0 Å². The summed E-state index contributed by atoms with van der Waals surface area (Å²) in [7, 11) is 0. The second-order valence-electron chi connectivity index (χ2n) is 4.42. The largest absolute Gasteiger partial charge is 0.445 e. The van der Waals surface area contributed by atoms with Gasteiger partial charge in [0.25, 0.3) is 0 Å². The molecule has 0 bridgehead atoms. The predicted molar refractivity (Wildman–Crippen MR) is 53.3 cm³/mol. The molecule has 1 N–H and O–H groups in total. The highest BCUT2D eigenvalue weighted by atomic mass is 16.4. The smallest absolute Gasteiger partial charge is 0.198 e. The lowest BCUT2D eigenvalue weighted by Gasteiger charge is -2.19. The van der Waals surface area contributed by atoms with Crippen molar-refractivity contribution < 1.29 is 4.42 Å². The van der Waals surface area contributed by atoms with Crippen LogP contribution in [-0.2, 0) is 0 Å². The van der Waals surface area contributed by atoms with Crippen molar-refractivity contribution in [3.63, 3.8) is 0 Å². The zero-order chi connectivity index (χ0) is 9.38. The Morgan fingerprint density at radius 1 is 1.29 bits per heavy atom. The summed E-state index contributed by atoms with van der Waals surface area (Å²) in [6.45, 7) is 2.18. The van der Waals surface area contributed by atoms with Gasteiger partial charge in [0.1, 0.15) is 5.76 Å². The molecule has 0 spiro atoms. The van der Waals surface area contributed by atoms with E-state index in [-0.39, 0.29) is 0 Å². The zero-order valence-electron chi connectivity index (χ0n) is 8.33. The summed E-state index contributed by atoms with van der Waals surface area (Å²) in [5.41, 5.74) is 0. The van der Waals surface area contributed by atoms with E-state index in [9.17, 15) is 0 Å². The van der Waals surface area contributed by atoms with Crippen LogP contribution >= 0.6 is 0 Å². The highest BCUT2D eigenvalue weighted by Crippen LogP contribution is 2.41. The second-order valence-corrected chi connectivity index (χ2v) is 4.42. The van der Waals surface area contributed by atoms with Gasteiger partial charge >= 0.3 is 0 Å². The summed E-state index contributed by atoms with van der Waals surface area (Å²) in [5.74, 6) is 3.27. The standard InChI is InChI=1S/C11H16N2O/c1-2-9(6-12-5-1)11-13-7-10(14-11)8-3-4-8/h7-9,12H,1-6H2. The lowest BCUT2D eigenvalue weighted by molar-refractivity contribution is 0.363. The van der Waals surface area contributed by atoms with Gasteiger partial charge in [0, 0.05) is 18.4 Å². The molecule has 1 aromatic rings. The fraction of sp³-hybridized carbons (Fsp3) is 0.727. The van der Waals surface area contributed by atoms with E-state index in [4.69, 9.17) is 4.42 Å². The van der Waals surface area contributed by atoms with Gasteiger partial charge in [-0.05, 0) is 32.2 Å². The fourth-order valence-corrected chi connectivity index (χ4v) is 2.11. The van der Waals surface area contributed by atoms with E-state index in [1.807, 2.05) is 6.20 Å². The van der Waals surface area contributed by atoms with Crippen molar-refractivity contribution in [2.45, 2.75) is 37.5 Å². The Bertz CT molecular complexity index is 311. The van der Waals surface area contributed by atoms with Crippen LogP contribution in [0.1, 0.15) is 49.2 Å². The molecule has 1 aliphatic heterocycles. The minimum atomic E-state index is 0.510. The summed E-state index contributed by atoms with van der Waals surface area (Å²) in [6.07, 6.45) is 6.97. The molecule has 0 radical (unpaired) electrons. The monoisotopic (exact) mass is 192 g/mol. The highest BCUT2D eigenvalue weighted by Gasteiger charge is 2.29.